The maximum atomic E-state index is 12.8. The third-order valence-electron chi connectivity index (χ3n) is 5.68. The summed E-state index contributed by atoms with van der Waals surface area (Å²) in [5, 5.41) is 14.1. The zero-order valence-corrected chi connectivity index (χ0v) is 17.8. The largest absolute Gasteiger partial charge is 0.370 e. The van der Waals surface area contributed by atoms with E-state index in [4.69, 9.17) is 11.6 Å². The SMILES string of the molecule is Cc1ccc(NC(=O)C2CCN(c3c(C#N)cnc4ccc(C)cc34)CC2)c(Cl)c1. The smallest absolute Gasteiger partial charge is 0.227 e. The van der Waals surface area contributed by atoms with Crippen molar-refractivity contribution >= 4 is 39.8 Å². The third-order valence-corrected chi connectivity index (χ3v) is 5.99. The summed E-state index contributed by atoms with van der Waals surface area (Å²) in [7, 11) is 0. The van der Waals surface area contributed by atoms with E-state index < -0.39 is 0 Å². The molecular weight excluding hydrogens is 396 g/mol. The molecule has 0 spiro atoms. The van der Waals surface area contributed by atoms with Crippen LogP contribution in [0.4, 0.5) is 11.4 Å². The first-order chi connectivity index (χ1) is 14.5. The molecule has 0 atom stereocenters. The van der Waals surface area contributed by atoms with E-state index in [-0.39, 0.29) is 11.8 Å². The van der Waals surface area contributed by atoms with Crippen molar-refractivity contribution in [2.75, 3.05) is 23.3 Å². The van der Waals surface area contributed by atoms with Crippen molar-refractivity contribution in [2.24, 2.45) is 5.92 Å². The number of hydrogen-bond acceptors (Lipinski definition) is 4. The minimum Gasteiger partial charge on any atom is -0.370 e. The number of carbonyl (C=O) groups is 1. The summed E-state index contributed by atoms with van der Waals surface area (Å²) >= 11 is 6.26. The van der Waals surface area contributed by atoms with Crippen LogP contribution >= 0.6 is 11.6 Å². The molecule has 1 N–H and O–H groups in total. The normalized spacial score (nSPS) is 14.5. The molecule has 2 aromatic carbocycles. The van der Waals surface area contributed by atoms with Crippen LogP contribution in [0.1, 0.15) is 29.5 Å². The van der Waals surface area contributed by atoms with E-state index in [1.54, 1.807) is 6.20 Å². The Kier molecular flexibility index (Phi) is 5.61. The van der Waals surface area contributed by atoms with Crippen molar-refractivity contribution < 1.29 is 4.79 Å². The fourth-order valence-corrected chi connectivity index (χ4v) is 4.32. The highest BCUT2D eigenvalue weighted by molar-refractivity contribution is 6.33. The van der Waals surface area contributed by atoms with Crippen LogP contribution in [0.5, 0.6) is 0 Å². The summed E-state index contributed by atoms with van der Waals surface area (Å²) in [5.41, 5.74) is 5.21. The van der Waals surface area contributed by atoms with Crippen molar-refractivity contribution in [1.82, 2.24) is 4.98 Å². The lowest BCUT2D eigenvalue weighted by atomic mass is 9.94. The quantitative estimate of drug-likeness (QED) is 0.632. The van der Waals surface area contributed by atoms with E-state index in [1.165, 1.54) is 0 Å². The number of benzene rings is 2. The zero-order valence-electron chi connectivity index (χ0n) is 17.1. The Morgan fingerprint density at radius 1 is 1.17 bits per heavy atom. The van der Waals surface area contributed by atoms with Gasteiger partial charge < -0.3 is 10.2 Å². The number of aryl methyl sites for hydroxylation is 2. The summed E-state index contributed by atoms with van der Waals surface area (Å²) in [6, 6.07) is 14.0. The Hall–Kier alpha value is -3.10. The van der Waals surface area contributed by atoms with Crippen LogP contribution in [-0.2, 0) is 4.79 Å². The van der Waals surface area contributed by atoms with Gasteiger partial charge in [0.25, 0.3) is 0 Å². The Balaban J connectivity index is 1.52. The number of nitriles is 1. The van der Waals surface area contributed by atoms with Gasteiger partial charge in [-0.2, -0.15) is 5.26 Å². The van der Waals surface area contributed by atoms with Gasteiger partial charge in [0.15, 0.2) is 0 Å². The summed E-state index contributed by atoms with van der Waals surface area (Å²) in [6.45, 7) is 5.42. The summed E-state index contributed by atoms with van der Waals surface area (Å²) in [5.74, 6) is -0.0877. The van der Waals surface area contributed by atoms with Gasteiger partial charge in [-0.3, -0.25) is 9.78 Å². The maximum absolute atomic E-state index is 12.8. The van der Waals surface area contributed by atoms with Crippen LogP contribution in [0.25, 0.3) is 10.9 Å². The average molecular weight is 419 g/mol. The van der Waals surface area contributed by atoms with Crippen LogP contribution in [0.3, 0.4) is 0 Å². The standard InChI is InChI=1S/C24H23ClN4O/c1-15-3-5-21-19(11-15)23(18(13-26)14-27-21)29-9-7-17(8-10-29)24(30)28-22-6-4-16(2)12-20(22)25/h3-6,11-12,14,17H,7-10H2,1-2H3,(H,28,30). The van der Waals surface area contributed by atoms with Gasteiger partial charge in [0.1, 0.15) is 6.07 Å². The number of anilines is 2. The number of halogens is 1. The van der Waals surface area contributed by atoms with E-state index >= 15 is 0 Å². The summed E-state index contributed by atoms with van der Waals surface area (Å²) in [6.07, 6.45) is 3.08. The third kappa shape index (κ3) is 3.96. The number of amides is 1. The predicted molar refractivity (Wildman–Crippen MR) is 121 cm³/mol. The minimum absolute atomic E-state index is 0.00339. The second-order valence-electron chi connectivity index (χ2n) is 7.89. The Labute approximate surface area is 181 Å². The molecule has 0 radical (unpaired) electrons. The predicted octanol–water partition coefficient (Wildman–Crippen LogP) is 5.23. The van der Waals surface area contributed by atoms with Gasteiger partial charge >= 0.3 is 0 Å². The van der Waals surface area contributed by atoms with E-state index in [0.717, 1.165) is 40.6 Å². The molecule has 2 heterocycles. The molecule has 0 bridgehead atoms. The van der Waals surface area contributed by atoms with Crippen molar-refractivity contribution in [3.63, 3.8) is 0 Å². The first-order valence-corrected chi connectivity index (χ1v) is 10.5. The van der Waals surface area contributed by atoms with Crippen LogP contribution in [-0.4, -0.2) is 24.0 Å². The number of carbonyl (C=O) groups excluding carboxylic acids is 1. The van der Waals surface area contributed by atoms with Gasteiger partial charge in [-0.1, -0.05) is 29.3 Å². The second-order valence-corrected chi connectivity index (χ2v) is 8.29. The molecule has 1 aliphatic rings. The highest BCUT2D eigenvalue weighted by atomic mass is 35.5. The highest BCUT2D eigenvalue weighted by Crippen LogP contribution is 2.33. The van der Waals surface area contributed by atoms with E-state index in [1.807, 2.05) is 44.2 Å². The number of pyridine rings is 1. The fraction of sp³-hybridized carbons (Fsp3) is 0.292. The monoisotopic (exact) mass is 418 g/mol. The summed E-state index contributed by atoms with van der Waals surface area (Å²) < 4.78 is 0. The van der Waals surface area contributed by atoms with Gasteiger partial charge in [0, 0.05) is 30.6 Å². The van der Waals surface area contributed by atoms with Crippen LogP contribution in [0.15, 0.2) is 42.6 Å². The van der Waals surface area contributed by atoms with Gasteiger partial charge in [-0.15, -0.1) is 0 Å². The van der Waals surface area contributed by atoms with E-state index in [0.29, 0.717) is 29.4 Å². The number of nitrogens with one attached hydrogen (secondary N) is 1. The molecular formula is C24H23ClN4O. The van der Waals surface area contributed by atoms with Crippen LogP contribution in [0.2, 0.25) is 5.02 Å². The van der Waals surface area contributed by atoms with Gasteiger partial charge in [-0.25, -0.2) is 0 Å². The number of fused-ring (bicyclic) bond motifs is 1. The van der Waals surface area contributed by atoms with Gasteiger partial charge in [-0.05, 0) is 56.5 Å². The molecule has 4 rings (SSSR count). The number of aromatic nitrogens is 1. The Morgan fingerprint density at radius 2 is 1.87 bits per heavy atom. The number of rotatable bonds is 3. The lowest BCUT2D eigenvalue weighted by molar-refractivity contribution is -0.120. The summed E-state index contributed by atoms with van der Waals surface area (Å²) in [4.78, 5) is 19.4. The molecule has 1 aromatic heterocycles. The van der Waals surface area contributed by atoms with Crippen LogP contribution in [0, 0.1) is 31.1 Å². The molecule has 0 saturated carbocycles. The molecule has 5 nitrogen and oxygen atoms in total. The molecule has 1 amide bonds. The number of piperidine rings is 1. The Bertz CT molecular complexity index is 1160. The van der Waals surface area contributed by atoms with Crippen LogP contribution < -0.4 is 10.2 Å². The molecule has 6 heteroatoms. The molecule has 30 heavy (non-hydrogen) atoms. The lowest BCUT2D eigenvalue weighted by Crippen LogP contribution is -2.38. The maximum Gasteiger partial charge on any atom is 0.227 e. The second kappa shape index (κ2) is 8.33. The number of hydrogen-bond donors (Lipinski definition) is 1. The number of nitrogens with zero attached hydrogens (tertiary/aromatic N) is 3. The molecule has 0 unspecified atom stereocenters. The first-order valence-electron chi connectivity index (χ1n) is 10.1. The van der Waals surface area contributed by atoms with Crippen molar-refractivity contribution in [2.45, 2.75) is 26.7 Å². The molecule has 3 aromatic rings. The van der Waals surface area contributed by atoms with Crippen molar-refractivity contribution in [3.8, 4) is 6.07 Å². The average Bonchev–Trinajstić information content (AvgIpc) is 2.75. The first kappa shape index (κ1) is 20.2. The fourth-order valence-electron chi connectivity index (χ4n) is 4.04. The highest BCUT2D eigenvalue weighted by Gasteiger charge is 2.27. The van der Waals surface area contributed by atoms with Crippen molar-refractivity contribution in [3.05, 3.63) is 64.3 Å². The Morgan fingerprint density at radius 3 is 2.57 bits per heavy atom. The van der Waals surface area contributed by atoms with Crippen molar-refractivity contribution in [1.29, 1.82) is 5.26 Å². The molecule has 152 valence electrons. The topological polar surface area (TPSA) is 69.0 Å². The van der Waals surface area contributed by atoms with Gasteiger partial charge in [0.2, 0.25) is 5.91 Å². The lowest BCUT2D eigenvalue weighted by Gasteiger charge is -2.34. The van der Waals surface area contributed by atoms with E-state index in [2.05, 4.69) is 27.3 Å². The molecule has 1 saturated heterocycles. The van der Waals surface area contributed by atoms with E-state index in [9.17, 15) is 10.1 Å². The minimum atomic E-state index is -0.0843. The molecule has 0 aliphatic carbocycles. The zero-order chi connectivity index (χ0) is 21.3. The molecule has 1 aliphatic heterocycles. The van der Waals surface area contributed by atoms with Gasteiger partial charge in [0.05, 0.1) is 27.5 Å². The molecule has 1 fully saturated rings.